The van der Waals surface area contributed by atoms with Crippen molar-refractivity contribution in [1.29, 1.82) is 0 Å². The Kier molecular flexibility index (Phi) is 6.18. The van der Waals surface area contributed by atoms with Crippen molar-refractivity contribution >= 4 is 17.4 Å². The third kappa shape index (κ3) is 5.57. The van der Waals surface area contributed by atoms with Crippen molar-refractivity contribution in [2.45, 2.75) is 33.8 Å². The monoisotopic (exact) mass is 327 g/mol. The van der Waals surface area contributed by atoms with E-state index in [1.807, 2.05) is 38.1 Å². The van der Waals surface area contributed by atoms with Gasteiger partial charge in [0.2, 0.25) is 0 Å². The standard InChI is InChI=1S/C19H25N3O2/c1-13(2)12-21-19(23)15-9-10-20-18(11-15)22-16-5-7-17(8-6-16)24-14(3)4/h5-11,13-14H,12H2,1-4H3,(H,20,22)(H,21,23). The van der Waals surface area contributed by atoms with Crippen LogP contribution in [0.1, 0.15) is 38.1 Å². The summed E-state index contributed by atoms with van der Waals surface area (Å²) in [5, 5.41) is 6.10. The molecule has 0 bridgehead atoms. The largest absolute Gasteiger partial charge is 0.491 e. The summed E-state index contributed by atoms with van der Waals surface area (Å²) in [5.74, 6) is 1.78. The van der Waals surface area contributed by atoms with Crippen LogP contribution in [0.2, 0.25) is 0 Å². The summed E-state index contributed by atoms with van der Waals surface area (Å²) in [6.07, 6.45) is 1.77. The van der Waals surface area contributed by atoms with Gasteiger partial charge in [0.25, 0.3) is 5.91 Å². The molecule has 2 N–H and O–H groups in total. The molecular formula is C19H25N3O2. The summed E-state index contributed by atoms with van der Waals surface area (Å²) >= 11 is 0. The van der Waals surface area contributed by atoms with Crippen LogP contribution in [0.15, 0.2) is 42.6 Å². The molecule has 1 aromatic heterocycles. The van der Waals surface area contributed by atoms with E-state index >= 15 is 0 Å². The van der Waals surface area contributed by atoms with Gasteiger partial charge in [-0.1, -0.05) is 13.8 Å². The maximum Gasteiger partial charge on any atom is 0.251 e. The van der Waals surface area contributed by atoms with E-state index in [-0.39, 0.29) is 12.0 Å². The zero-order valence-electron chi connectivity index (χ0n) is 14.7. The Bertz CT molecular complexity index is 667. The van der Waals surface area contributed by atoms with Crippen molar-refractivity contribution in [3.05, 3.63) is 48.2 Å². The number of aromatic nitrogens is 1. The van der Waals surface area contributed by atoms with E-state index in [0.29, 0.717) is 23.8 Å². The predicted molar refractivity (Wildman–Crippen MR) is 96.9 cm³/mol. The molecule has 2 rings (SSSR count). The second-order valence-electron chi connectivity index (χ2n) is 6.35. The molecule has 1 amide bonds. The van der Waals surface area contributed by atoms with E-state index in [1.165, 1.54) is 0 Å². The Hall–Kier alpha value is -2.56. The zero-order valence-corrected chi connectivity index (χ0v) is 14.7. The third-order valence-corrected chi connectivity index (χ3v) is 3.19. The third-order valence-electron chi connectivity index (χ3n) is 3.19. The highest BCUT2D eigenvalue weighted by molar-refractivity contribution is 5.94. The van der Waals surface area contributed by atoms with Crippen LogP contribution in [0.5, 0.6) is 5.75 Å². The Balaban J connectivity index is 2.02. The summed E-state index contributed by atoms with van der Waals surface area (Å²) in [6, 6.07) is 11.1. The number of rotatable bonds is 7. The molecule has 0 aliphatic rings. The normalized spacial score (nSPS) is 10.8. The van der Waals surface area contributed by atoms with Crippen molar-refractivity contribution in [2.24, 2.45) is 5.92 Å². The van der Waals surface area contributed by atoms with Crippen LogP contribution in [0.4, 0.5) is 11.5 Å². The average molecular weight is 327 g/mol. The molecule has 5 nitrogen and oxygen atoms in total. The van der Waals surface area contributed by atoms with Gasteiger partial charge in [-0.05, 0) is 56.2 Å². The number of carbonyl (C=O) groups is 1. The molecule has 0 aliphatic heterocycles. The predicted octanol–water partition coefficient (Wildman–Crippen LogP) is 4.00. The fourth-order valence-electron chi connectivity index (χ4n) is 2.08. The van der Waals surface area contributed by atoms with Crippen molar-refractivity contribution in [1.82, 2.24) is 10.3 Å². The molecule has 0 saturated heterocycles. The fraction of sp³-hybridized carbons (Fsp3) is 0.368. The van der Waals surface area contributed by atoms with E-state index in [0.717, 1.165) is 11.4 Å². The number of nitrogens with one attached hydrogen (secondary N) is 2. The smallest absolute Gasteiger partial charge is 0.251 e. The van der Waals surface area contributed by atoms with Crippen molar-refractivity contribution in [2.75, 3.05) is 11.9 Å². The van der Waals surface area contributed by atoms with Gasteiger partial charge in [0.05, 0.1) is 6.10 Å². The fourth-order valence-corrected chi connectivity index (χ4v) is 2.08. The highest BCUT2D eigenvalue weighted by atomic mass is 16.5. The van der Waals surface area contributed by atoms with Gasteiger partial charge in [0.15, 0.2) is 0 Å². The highest BCUT2D eigenvalue weighted by Crippen LogP contribution is 2.20. The number of nitrogens with zero attached hydrogens (tertiary/aromatic N) is 1. The molecule has 0 aliphatic carbocycles. The van der Waals surface area contributed by atoms with Gasteiger partial charge in [0.1, 0.15) is 11.6 Å². The molecular weight excluding hydrogens is 302 g/mol. The maximum absolute atomic E-state index is 12.1. The van der Waals surface area contributed by atoms with Crippen LogP contribution in [0, 0.1) is 5.92 Å². The Labute approximate surface area is 143 Å². The first-order valence-corrected chi connectivity index (χ1v) is 8.22. The number of amides is 1. The van der Waals surface area contributed by atoms with Crippen molar-refractivity contribution < 1.29 is 9.53 Å². The zero-order chi connectivity index (χ0) is 17.5. The molecule has 0 fully saturated rings. The highest BCUT2D eigenvalue weighted by Gasteiger charge is 2.07. The average Bonchev–Trinajstić information content (AvgIpc) is 2.54. The molecule has 5 heteroatoms. The van der Waals surface area contributed by atoms with Crippen molar-refractivity contribution in [3.8, 4) is 5.75 Å². The molecule has 128 valence electrons. The number of hydrogen-bond acceptors (Lipinski definition) is 4. The van der Waals surface area contributed by atoms with Gasteiger partial charge in [-0.2, -0.15) is 0 Å². The lowest BCUT2D eigenvalue weighted by Gasteiger charge is -2.11. The van der Waals surface area contributed by atoms with E-state index in [9.17, 15) is 4.79 Å². The topological polar surface area (TPSA) is 63.2 Å². The lowest BCUT2D eigenvalue weighted by Crippen LogP contribution is -2.27. The van der Waals surface area contributed by atoms with Gasteiger partial charge in [-0.3, -0.25) is 4.79 Å². The minimum absolute atomic E-state index is 0.0881. The summed E-state index contributed by atoms with van der Waals surface area (Å²) in [5.41, 5.74) is 1.48. The summed E-state index contributed by atoms with van der Waals surface area (Å²) in [6.45, 7) is 8.76. The molecule has 0 saturated carbocycles. The quantitative estimate of drug-likeness (QED) is 0.807. The minimum atomic E-state index is -0.0881. The Morgan fingerprint density at radius 1 is 1.12 bits per heavy atom. The molecule has 0 radical (unpaired) electrons. The minimum Gasteiger partial charge on any atom is -0.491 e. The summed E-state index contributed by atoms with van der Waals surface area (Å²) in [4.78, 5) is 16.4. The molecule has 2 aromatic rings. The number of hydrogen-bond donors (Lipinski definition) is 2. The number of carbonyl (C=O) groups excluding carboxylic acids is 1. The number of pyridine rings is 1. The van der Waals surface area contributed by atoms with Crippen LogP contribution in [-0.4, -0.2) is 23.5 Å². The van der Waals surface area contributed by atoms with Crippen LogP contribution in [0.25, 0.3) is 0 Å². The van der Waals surface area contributed by atoms with E-state index in [4.69, 9.17) is 4.74 Å². The van der Waals surface area contributed by atoms with Crippen LogP contribution >= 0.6 is 0 Å². The first-order valence-electron chi connectivity index (χ1n) is 8.22. The molecule has 1 heterocycles. The first kappa shape index (κ1) is 17.8. The van der Waals surface area contributed by atoms with Gasteiger partial charge in [-0.15, -0.1) is 0 Å². The van der Waals surface area contributed by atoms with E-state index in [1.54, 1.807) is 18.3 Å². The number of anilines is 2. The van der Waals surface area contributed by atoms with Gasteiger partial charge >= 0.3 is 0 Å². The number of benzene rings is 1. The maximum atomic E-state index is 12.1. The molecule has 0 atom stereocenters. The van der Waals surface area contributed by atoms with Gasteiger partial charge in [0, 0.05) is 24.0 Å². The molecule has 0 unspecified atom stereocenters. The summed E-state index contributed by atoms with van der Waals surface area (Å²) in [7, 11) is 0. The van der Waals surface area contributed by atoms with E-state index in [2.05, 4.69) is 29.5 Å². The first-order chi connectivity index (χ1) is 11.4. The number of ether oxygens (including phenoxy) is 1. The lowest BCUT2D eigenvalue weighted by atomic mass is 10.2. The van der Waals surface area contributed by atoms with Crippen LogP contribution < -0.4 is 15.4 Å². The Morgan fingerprint density at radius 2 is 1.83 bits per heavy atom. The molecule has 24 heavy (non-hydrogen) atoms. The van der Waals surface area contributed by atoms with Crippen LogP contribution in [0.3, 0.4) is 0 Å². The lowest BCUT2D eigenvalue weighted by molar-refractivity contribution is 0.0949. The van der Waals surface area contributed by atoms with Crippen LogP contribution in [-0.2, 0) is 0 Å². The second kappa shape index (κ2) is 8.34. The SMILES string of the molecule is CC(C)CNC(=O)c1ccnc(Nc2ccc(OC(C)C)cc2)c1. The van der Waals surface area contributed by atoms with Gasteiger partial charge in [-0.25, -0.2) is 4.98 Å². The molecule has 1 aromatic carbocycles. The summed E-state index contributed by atoms with van der Waals surface area (Å²) < 4.78 is 5.62. The molecule has 0 spiro atoms. The van der Waals surface area contributed by atoms with Crippen molar-refractivity contribution in [3.63, 3.8) is 0 Å². The second-order valence-corrected chi connectivity index (χ2v) is 6.35. The van der Waals surface area contributed by atoms with E-state index < -0.39 is 0 Å². The Morgan fingerprint density at radius 3 is 2.46 bits per heavy atom. The van der Waals surface area contributed by atoms with Gasteiger partial charge < -0.3 is 15.4 Å².